The van der Waals surface area contributed by atoms with Gasteiger partial charge in [-0.15, -0.1) is 24.0 Å². The van der Waals surface area contributed by atoms with Gasteiger partial charge in [0.1, 0.15) is 9.84 Å². The van der Waals surface area contributed by atoms with Crippen LogP contribution in [0.15, 0.2) is 4.99 Å². The third-order valence-electron chi connectivity index (χ3n) is 3.89. The van der Waals surface area contributed by atoms with Crippen molar-refractivity contribution in [1.29, 1.82) is 0 Å². The predicted molar refractivity (Wildman–Crippen MR) is 104 cm³/mol. The van der Waals surface area contributed by atoms with Crippen molar-refractivity contribution in [2.45, 2.75) is 38.6 Å². The van der Waals surface area contributed by atoms with Crippen molar-refractivity contribution in [2.24, 2.45) is 4.99 Å². The van der Waals surface area contributed by atoms with Gasteiger partial charge in [-0.05, 0) is 39.8 Å². The van der Waals surface area contributed by atoms with E-state index in [0.29, 0.717) is 12.5 Å². The van der Waals surface area contributed by atoms with Crippen molar-refractivity contribution < 1.29 is 8.42 Å². The summed E-state index contributed by atoms with van der Waals surface area (Å²) in [5.74, 6) is 0.771. The van der Waals surface area contributed by atoms with Crippen molar-refractivity contribution in [3.8, 4) is 0 Å². The van der Waals surface area contributed by atoms with Gasteiger partial charge in [-0.2, -0.15) is 0 Å². The molecule has 0 aromatic heterocycles. The van der Waals surface area contributed by atoms with Crippen molar-refractivity contribution in [2.75, 3.05) is 45.2 Å². The van der Waals surface area contributed by atoms with E-state index < -0.39 is 9.84 Å². The van der Waals surface area contributed by atoms with Gasteiger partial charge in [0.05, 0.1) is 5.75 Å². The van der Waals surface area contributed by atoms with Gasteiger partial charge in [0, 0.05) is 31.9 Å². The molecule has 1 aliphatic heterocycles. The maximum Gasteiger partial charge on any atom is 0.191 e. The quantitative estimate of drug-likeness (QED) is 0.363. The minimum Gasteiger partial charge on any atom is -0.355 e. The third-order valence-corrected chi connectivity index (χ3v) is 4.84. The van der Waals surface area contributed by atoms with Gasteiger partial charge in [0.15, 0.2) is 5.96 Å². The van der Waals surface area contributed by atoms with Crippen LogP contribution in [0.2, 0.25) is 0 Å². The summed E-state index contributed by atoms with van der Waals surface area (Å²) in [7, 11) is -1.24. The molecule has 2 N–H and O–H groups in total. The first-order valence-corrected chi connectivity index (χ1v) is 9.68. The van der Waals surface area contributed by atoms with Crippen LogP contribution in [-0.4, -0.2) is 70.1 Å². The molecule has 0 aromatic rings. The summed E-state index contributed by atoms with van der Waals surface area (Å²) < 4.78 is 22.2. The minimum atomic E-state index is -2.94. The SMILES string of the molecule is CN=C(NCCS(C)(=O)=O)NCC(C)(C)N1CCCCC1.I. The second kappa shape index (κ2) is 9.92. The molecule has 0 amide bonds. The highest BCUT2D eigenvalue weighted by Crippen LogP contribution is 2.19. The van der Waals surface area contributed by atoms with Crippen LogP contribution >= 0.6 is 24.0 Å². The lowest BCUT2D eigenvalue weighted by molar-refractivity contribution is 0.0982. The van der Waals surface area contributed by atoms with Crippen molar-refractivity contribution in [3.05, 3.63) is 0 Å². The van der Waals surface area contributed by atoms with E-state index in [1.807, 2.05) is 0 Å². The molecule has 0 atom stereocenters. The molecular formula is C14H31IN4O2S. The van der Waals surface area contributed by atoms with Gasteiger partial charge in [-0.3, -0.25) is 9.89 Å². The topological polar surface area (TPSA) is 73.8 Å². The third kappa shape index (κ3) is 8.52. The molecule has 22 heavy (non-hydrogen) atoms. The molecule has 0 bridgehead atoms. The molecule has 132 valence electrons. The fourth-order valence-corrected chi connectivity index (χ4v) is 2.96. The minimum absolute atomic E-state index is 0. The van der Waals surface area contributed by atoms with E-state index in [1.54, 1.807) is 7.05 Å². The van der Waals surface area contributed by atoms with Crippen LogP contribution < -0.4 is 10.6 Å². The van der Waals surface area contributed by atoms with Crippen LogP contribution in [0, 0.1) is 0 Å². The number of hydrogen-bond acceptors (Lipinski definition) is 4. The lowest BCUT2D eigenvalue weighted by Gasteiger charge is -2.41. The van der Waals surface area contributed by atoms with Gasteiger partial charge in [0.2, 0.25) is 0 Å². The maximum atomic E-state index is 11.1. The summed E-state index contributed by atoms with van der Waals surface area (Å²) >= 11 is 0. The number of nitrogens with one attached hydrogen (secondary N) is 2. The highest BCUT2D eigenvalue weighted by atomic mass is 127. The molecule has 1 saturated heterocycles. The molecule has 6 nitrogen and oxygen atoms in total. The molecule has 0 unspecified atom stereocenters. The fraction of sp³-hybridized carbons (Fsp3) is 0.929. The molecule has 1 aliphatic rings. The van der Waals surface area contributed by atoms with E-state index in [1.165, 1.54) is 25.5 Å². The molecule has 0 spiro atoms. The van der Waals surface area contributed by atoms with E-state index in [0.717, 1.165) is 19.6 Å². The smallest absolute Gasteiger partial charge is 0.191 e. The fourth-order valence-electron chi connectivity index (χ4n) is 2.49. The van der Waals surface area contributed by atoms with Crippen LogP contribution in [-0.2, 0) is 9.84 Å². The monoisotopic (exact) mass is 446 g/mol. The maximum absolute atomic E-state index is 11.1. The van der Waals surface area contributed by atoms with Gasteiger partial charge < -0.3 is 10.6 Å². The number of hydrogen-bond donors (Lipinski definition) is 2. The van der Waals surface area contributed by atoms with Crippen LogP contribution in [0.5, 0.6) is 0 Å². The standard InChI is InChI=1S/C14H30N4O2S.HI/c1-14(2,18-9-6-5-7-10-18)12-17-13(15-3)16-8-11-21(4,19)20;/h5-12H2,1-4H3,(H2,15,16,17);1H. The lowest BCUT2D eigenvalue weighted by Crippen LogP contribution is -2.55. The molecule has 0 radical (unpaired) electrons. The Bertz CT molecular complexity index is 446. The molecule has 0 saturated carbocycles. The van der Waals surface area contributed by atoms with E-state index in [-0.39, 0.29) is 35.3 Å². The summed E-state index contributed by atoms with van der Waals surface area (Å²) in [5.41, 5.74) is 0.0644. The summed E-state index contributed by atoms with van der Waals surface area (Å²) in [6, 6.07) is 0. The lowest BCUT2D eigenvalue weighted by atomic mass is 9.98. The first-order chi connectivity index (χ1) is 9.74. The predicted octanol–water partition coefficient (Wildman–Crippen LogP) is 1.08. The highest BCUT2D eigenvalue weighted by molar-refractivity contribution is 14.0. The molecule has 1 rings (SSSR count). The number of rotatable bonds is 6. The van der Waals surface area contributed by atoms with E-state index in [4.69, 9.17) is 0 Å². The van der Waals surface area contributed by atoms with E-state index in [2.05, 4.69) is 34.4 Å². The normalized spacial score (nSPS) is 17.7. The number of nitrogens with zero attached hydrogens (tertiary/aromatic N) is 2. The highest BCUT2D eigenvalue weighted by Gasteiger charge is 2.27. The zero-order valence-corrected chi connectivity index (χ0v) is 17.3. The van der Waals surface area contributed by atoms with Crippen molar-refractivity contribution in [3.63, 3.8) is 0 Å². The number of halogens is 1. The zero-order chi connectivity index (χ0) is 15.9. The van der Waals surface area contributed by atoms with Crippen LogP contribution in [0.3, 0.4) is 0 Å². The van der Waals surface area contributed by atoms with Crippen molar-refractivity contribution in [1.82, 2.24) is 15.5 Å². The van der Waals surface area contributed by atoms with Crippen LogP contribution in [0.25, 0.3) is 0 Å². The molecule has 0 aromatic carbocycles. The molecule has 1 heterocycles. The summed E-state index contributed by atoms with van der Waals surface area (Å²) in [5, 5.41) is 6.34. The molecule has 8 heteroatoms. The van der Waals surface area contributed by atoms with Gasteiger partial charge in [-0.25, -0.2) is 8.42 Å². The number of piperidine rings is 1. The summed E-state index contributed by atoms with van der Waals surface area (Å²) in [4.78, 5) is 6.64. The molecule has 0 aliphatic carbocycles. The zero-order valence-electron chi connectivity index (χ0n) is 14.2. The second-order valence-electron chi connectivity index (χ2n) is 6.34. The van der Waals surface area contributed by atoms with Gasteiger partial charge in [0.25, 0.3) is 0 Å². The Balaban J connectivity index is 0.00000441. The number of aliphatic imine (C=N–C) groups is 1. The Morgan fingerprint density at radius 1 is 1.18 bits per heavy atom. The Labute approximate surface area is 152 Å². The Hall–Kier alpha value is -0.0900. The number of likely N-dealkylation sites (tertiary alicyclic amines) is 1. The largest absolute Gasteiger partial charge is 0.355 e. The Kier molecular flexibility index (Phi) is 9.88. The number of sulfone groups is 1. The van der Waals surface area contributed by atoms with Gasteiger partial charge in [-0.1, -0.05) is 6.42 Å². The molecular weight excluding hydrogens is 415 g/mol. The van der Waals surface area contributed by atoms with Crippen molar-refractivity contribution >= 4 is 39.8 Å². The van der Waals surface area contributed by atoms with Crippen LogP contribution in [0.1, 0.15) is 33.1 Å². The average Bonchev–Trinajstić information content (AvgIpc) is 2.42. The van der Waals surface area contributed by atoms with E-state index >= 15 is 0 Å². The van der Waals surface area contributed by atoms with Gasteiger partial charge >= 0.3 is 0 Å². The Morgan fingerprint density at radius 2 is 1.77 bits per heavy atom. The number of guanidine groups is 1. The van der Waals surface area contributed by atoms with E-state index in [9.17, 15) is 8.42 Å². The van der Waals surface area contributed by atoms with Crippen LogP contribution in [0.4, 0.5) is 0 Å². The second-order valence-corrected chi connectivity index (χ2v) is 8.60. The first-order valence-electron chi connectivity index (χ1n) is 7.62. The average molecular weight is 446 g/mol. The Morgan fingerprint density at radius 3 is 2.27 bits per heavy atom. The summed E-state index contributed by atoms with van der Waals surface area (Å²) in [6.07, 6.45) is 5.11. The molecule has 1 fully saturated rings. The summed E-state index contributed by atoms with van der Waals surface area (Å²) in [6.45, 7) is 7.92. The first kappa shape index (κ1) is 21.9.